The molecule has 1 aromatic rings. The van der Waals surface area contributed by atoms with Crippen molar-refractivity contribution in [1.82, 2.24) is 10.2 Å². The van der Waals surface area contributed by atoms with Gasteiger partial charge in [0, 0.05) is 6.20 Å². The summed E-state index contributed by atoms with van der Waals surface area (Å²) in [5, 5.41) is 56.9. The number of amidine groups is 3. The fourth-order valence-corrected chi connectivity index (χ4v) is 2.39. The Labute approximate surface area is 177 Å². The normalized spacial score (nSPS) is 20.6. The zero-order valence-corrected chi connectivity index (χ0v) is 15.5. The van der Waals surface area contributed by atoms with Crippen LogP contribution >= 0.6 is 0 Å². The monoisotopic (exact) mass is 419 g/mol. The van der Waals surface area contributed by atoms with Gasteiger partial charge in [0.15, 0.2) is 40.8 Å². The number of hydrogen-bond acceptors (Lipinski definition) is 11. The van der Waals surface area contributed by atoms with Crippen LogP contribution in [0.2, 0.25) is 0 Å². The van der Waals surface area contributed by atoms with Gasteiger partial charge in [-0.05, 0) is 0 Å². The lowest BCUT2D eigenvalue weighted by molar-refractivity contribution is 1.08. The maximum atomic E-state index is 9.52. The Morgan fingerprint density at radius 1 is 0.781 bits per heavy atom. The van der Waals surface area contributed by atoms with E-state index in [1.807, 2.05) is 18.2 Å². The predicted molar refractivity (Wildman–Crippen MR) is 105 cm³/mol. The Kier molecular flexibility index (Phi) is 4.74. The Morgan fingerprint density at radius 3 is 1.91 bits per heavy atom. The number of terminal acetylenes is 1. The molecule has 1 aromatic heterocycles. The molecule has 15 nitrogen and oxygen atoms in total. The van der Waals surface area contributed by atoms with Gasteiger partial charge in [-0.25, -0.2) is 15.0 Å². The minimum atomic E-state index is -0.165. The van der Waals surface area contributed by atoms with Crippen molar-refractivity contribution in [3.8, 4) is 30.6 Å². The molecular weight excluding hydrogens is 414 g/mol. The highest BCUT2D eigenvalue weighted by Gasteiger charge is 2.26. The lowest BCUT2D eigenvalue weighted by Gasteiger charge is -1.94. The van der Waals surface area contributed by atoms with Gasteiger partial charge in [-0.1, -0.05) is 5.92 Å². The van der Waals surface area contributed by atoms with Crippen LogP contribution in [-0.2, 0) is 0 Å². The number of nitrogens with one attached hydrogen (secondary N) is 1. The molecule has 148 valence electrons. The average molecular weight is 419 g/mol. The van der Waals surface area contributed by atoms with Crippen molar-refractivity contribution in [1.29, 1.82) is 15.8 Å². The number of azo groups is 3. The first-order valence-corrected chi connectivity index (χ1v) is 8.31. The van der Waals surface area contributed by atoms with E-state index in [9.17, 15) is 10.5 Å². The van der Waals surface area contributed by atoms with Crippen molar-refractivity contribution in [2.24, 2.45) is 51.4 Å². The number of nitrogens with two attached hydrogens (primary N) is 1. The fraction of sp³-hybridized carbons (Fsp3) is 0. The summed E-state index contributed by atoms with van der Waals surface area (Å²) in [4.78, 5) is 12.2. The van der Waals surface area contributed by atoms with E-state index >= 15 is 0 Å². The van der Waals surface area contributed by atoms with Crippen LogP contribution in [0.1, 0.15) is 5.56 Å². The molecular formula is C17H5N15. The molecule has 3 aliphatic rings. The quantitative estimate of drug-likeness (QED) is 0.694. The van der Waals surface area contributed by atoms with Gasteiger partial charge in [0.2, 0.25) is 0 Å². The van der Waals surface area contributed by atoms with E-state index in [2.05, 4.69) is 61.8 Å². The molecule has 3 N–H and O–H groups in total. The Hall–Kier alpha value is -5.93. The van der Waals surface area contributed by atoms with E-state index < -0.39 is 0 Å². The molecule has 0 saturated carbocycles. The summed E-state index contributed by atoms with van der Waals surface area (Å²) in [5.74, 6) is 1.77. The lowest BCUT2D eigenvalue weighted by Crippen LogP contribution is -2.01. The van der Waals surface area contributed by atoms with Gasteiger partial charge in [-0.2, -0.15) is 20.9 Å². The molecule has 32 heavy (non-hydrogen) atoms. The molecule has 4 rings (SSSR count). The lowest BCUT2D eigenvalue weighted by atomic mass is 10.2. The number of nitrogens with zero attached hydrogens (tertiary/aromatic N) is 13. The van der Waals surface area contributed by atoms with E-state index in [1.165, 1.54) is 6.20 Å². The molecule has 15 heteroatoms. The summed E-state index contributed by atoms with van der Waals surface area (Å²) in [6, 6.07) is 5.64. The molecule has 0 aromatic carbocycles. The summed E-state index contributed by atoms with van der Waals surface area (Å²) < 4.78 is 0. The van der Waals surface area contributed by atoms with Crippen molar-refractivity contribution in [3.63, 3.8) is 0 Å². The third-order valence-electron chi connectivity index (χ3n) is 3.85. The van der Waals surface area contributed by atoms with Gasteiger partial charge in [0.05, 0.1) is 0 Å². The second-order valence-electron chi connectivity index (χ2n) is 5.67. The molecule has 0 aliphatic carbocycles. The summed E-state index contributed by atoms with van der Waals surface area (Å²) in [6.07, 6.45) is 6.70. The molecule has 4 heterocycles. The largest absolute Gasteiger partial charge is 0.381 e. The second-order valence-corrected chi connectivity index (χ2v) is 5.67. The smallest absolute Gasteiger partial charge is 0.198 e. The SMILES string of the molecule is C#CC1=C(N)N=N/C1=N\C1=C(C#N)C(=N/C2=C(C#N)C(=N/c3n[nH]cc3C#N)/N=N2)/N=N1. The van der Waals surface area contributed by atoms with E-state index in [0.717, 1.165) is 0 Å². The van der Waals surface area contributed by atoms with Gasteiger partial charge in [0.25, 0.3) is 0 Å². The third-order valence-corrected chi connectivity index (χ3v) is 3.85. The second kappa shape index (κ2) is 7.83. The fourth-order valence-electron chi connectivity index (χ4n) is 2.39. The number of nitriles is 3. The summed E-state index contributed by atoms with van der Waals surface area (Å²) >= 11 is 0. The van der Waals surface area contributed by atoms with E-state index in [0.29, 0.717) is 0 Å². The highest BCUT2D eigenvalue weighted by atomic mass is 15.3. The summed E-state index contributed by atoms with van der Waals surface area (Å²) in [6.45, 7) is 0. The Balaban J connectivity index is 1.73. The third kappa shape index (κ3) is 3.22. The minimum Gasteiger partial charge on any atom is -0.381 e. The number of hydrogen-bond donors (Lipinski definition) is 2. The van der Waals surface area contributed by atoms with Crippen LogP contribution in [0.25, 0.3) is 0 Å². The van der Waals surface area contributed by atoms with E-state index in [-0.39, 0.29) is 63.1 Å². The maximum Gasteiger partial charge on any atom is 0.198 e. The zero-order chi connectivity index (χ0) is 22.7. The van der Waals surface area contributed by atoms with Gasteiger partial charge < -0.3 is 5.73 Å². The first-order chi connectivity index (χ1) is 15.6. The van der Waals surface area contributed by atoms with Crippen LogP contribution in [0, 0.1) is 46.3 Å². The van der Waals surface area contributed by atoms with Crippen LogP contribution in [0.3, 0.4) is 0 Å². The molecule has 0 amide bonds. The number of aliphatic imine (C=N–C) groups is 3. The molecule has 0 saturated heterocycles. The number of H-pyrrole nitrogens is 1. The number of rotatable bonds is 3. The molecule has 0 unspecified atom stereocenters. The van der Waals surface area contributed by atoms with Gasteiger partial charge in [-0.3, -0.25) is 5.10 Å². The maximum absolute atomic E-state index is 9.52. The predicted octanol–water partition coefficient (Wildman–Crippen LogP) is 1.78. The molecule has 0 fully saturated rings. The molecule has 0 atom stereocenters. The summed E-state index contributed by atoms with van der Waals surface area (Å²) in [5.41, 5.74) is 5.66. The molecule has 0 radical (unpaired) electrons. The van der Waals surface area contributed by atoms with Crippen LogP contribution in [0.5, 0.6) is 0 Å². The first-order valence-electron chi connectivity index (χ1n) is 8.31. The first kappa shape index (κ1) is 19.4. The number of aromatic nitrogens is 2. The minimum absolute atomic E-state index is 0.00709. The summed E-state index contributed by atoms with van der Waals surface area (Å²) in [7, 11) is 0. The van der Waals surface area contributed by atoms with Crippen LogP contribution < -0.4 is 5.73 Å². The van der Waals surface area contributed by atoms with Crippen LogP contribution in [0.15, 0.2) is 86.0 Å². The Bertz CT molecular complexity index is 1500. The van der Waals surface area contributed by atoms with Gasteiger partial charge in [-0.15, -0.1) is 37.1 Å². The van der Waals surface area contributed by atoms with E-state index in [1.54, 1.807) is 0 Å². The van der Waals surface area contributed by atoms with E-state index in [4.69, 9.17) is 17.4 Å². The highest BCUT2D eigenvalue weighted by Crippen LogP contribution is 2.27. The van der Waals surface area contributed by atoms with Crippen molar-refractivity contribution < 1.29 is 0 Å². The van der Waals surface area contributed by atoms with Gasteiger partial charge >= 0.3 is 0 Å². The highest BCUT2D eigenvalue weighted by molar-refractivity contribution is 6.09. The molecule has 3 aliphatic heterocycles. The van der Waals surface area contributed by atoms with Crippen molar-refractivity contribution in [2.75, 3.05) is 0 Å². The molecule has 0 bridgehead atoms. The topological polar surface area (TPSA) is 237 Å². The van der Waals surface area contributed by atoms with Crippen molar-refractivity contribution >= 4 is 23.3 Å². The Morgan fingerprint density at radius 2 is 1.34 bits per heavy atom. The van der Waals surface area contributed by atoms with Crippen LogP contribution in [0.4, 0.5) is 5.82 Å². The number of aromatic amines is 1. The van der Waals surface area contributed by atoms with Gasteiger partial charge in [0.1, 0.15) is 40.5 Å². The standard InChI is InChI=1S/C17H5N15/c1-2-8-11(21)26-28-13(8)24-15-10(5-20)17(32-30-15)25-16-9(4-19)14(29-31-16)23-12-7(3-18)6-22-27-12/h1,6H,21H2,(H,22,27)/b23-14-,24-13-,25-17-. The van der Waals surface area contributed by atoms with Crippen LogP contribution in [-0.4, -0.2) is 27.7 Å². The van der Waals surface area contributed by atoms with Crippen molar-refractivity contribution in [3.05, 3.63) is 45.9 Å². The average Bonchev–Trinajstić information content (AvgIpc) is 3.57. The zero-order valence-electron chi connectivity index (χ0n) is 15.5. The molecule has 0 spiro atoms. The van der Waals surface area contributed by atoms with Crippen molar-refractivity contribution in [2.45, 2.75) is 0 Å².